The van der Waals surface area contributed by atoms with Gasteiger partial charge in [0, 0.05) is 5.41 Å². The fraction of sp³-hybridized carbons (Fsp3) is 0.700. The molecule has 0 saturated carbocycles. The van der Waals surface area contributed by atoms with Gasteiger partial charge in [-0.05, 0) is 13.8 Å². The van der Waals surface area contributed by atoms with Gasteiger partial charge in [-0.25, -0.2) is 0 Å². The molecule has 1 heterocycles. The third-order valence-corrected chi connectivity index (χ3v) is 2.41. The summed E-state index contributed by atoms with van der Waals surface area (Å²) in [6.07, 6.45) is 0. The Balaban J connectivity index is 3.23. The van der Waals surface area contributed by atoms with Crippen molar-refractivity contribution >= 4 is 23.2 Å². The summed E-state index contributed by atoms with van der Waals surface area (Å²) in [6, 6.07) is 0. The molecule has 80 valence electrons. The zero-order chi connectivity index (χ0) is 11.1. The Labute approximate surface area is 94.6 Å². The molecule has 0 N–H and O–H groups in total. The predicted octanol–water partition coefficient (Wildman–Crippen LogP) is 4.10. The lowest BCUT2D eigenvalue weighted by atomic mass is 9.91. The van der Waals surface area contributed by atoms with Crippen LogP contribution in [0.15, 0.2) is 4.52 Å². The predicted molar refractivity (Wildman–Crippen MR) is 59.1 cm³/mol. The molecular formula is C10H15Cl2NO. The summed E-state index contributed by atoms with van der Waals surface area (Å²) >= 11 is 12.3. The van der Waals surface area contributed by atoms with E-state index >= 15 is 0 Å². The van der Waals surface area contributed by atoms with E-state index in [2.05, 4.69) is 5.16 Å². The third-order valence-electron chi connectivity index (χ3n) is 1.89. The lowest BCUT2D eigenvalue weighted by molar-refractivity contribution is 0.344. The van der Waals surface area contributed by atoms with Crippen molar-refractivity contribution in [1.82, 2.24) is 5.16 Å². The van der Waals surface area contributed by atoms with Crippen LogP contribution in [0.2, 0.25) is 5.02 Å². The van der Waals surface area contributed by atoms with Crippen LogP contribution in [0.4, 0.5) is 0 Å². The van der Waals surface area contributed by atoms with Crippen LogP contribution in [0.5, 0.6) is 0 Å². The van der Waals surface area contributed by atoms with Crippen LogP contribution in [0.3, 0.4) is 0 Å². The molecule has 1 aromatic heterocycles. The summed E-state index contributed by atoms with van der Waals surface area (Å²) in [5.41, 5.74) is 0.629. The molecule has 14 heavy (non-hydrogen) atoms. The first kappa shape index (κ1) is 11.9. The Morgan fingerprint density at radius 2 is 1.64 bits per heavy atom. The summed E-state index contributed by atoms with van der Waals surface area (Å²) in [5, 5.41) is 4.50. The zero-order valence-corrected chi connectivity index (χ0v) is 10.6. The first-order valence-corrected chi connectivity index (χ1v) is 5.24. The Morgan fingerprint density at radius 1 is 1.14 bits per heavy atom. The topological polar surface area (TPSA) is 26.0 Å². The van der Waals surface area contributed by atoms with Crippen molar-refractivity contribution in [1.29, 1.82) is 0 Å². The van der Waals surface area contributed by atoms with E-state index in [0.29, 0.717) is 10.8 Å². The fourth-order valence-electron chi connectivity index (χ4n) is 1.11. The molecule has 0 bridgehead atoms. The lowest BCUT2D eigenvalue weighted by Crippen LogP contribution is -2.13. The molecule has 0 spiro atoms. The molecule has 1 rings (SSSR count). The second kappa shape index (κ2) is 3.42. The molecule has 0 aliphatic carbocycles. The van der Waals surface area contributed by atoms with Crippen molar-refractivity contribution in [3.8, 4) is 0 Å². The first-order chi connectivity index (χ1) is 6.14. The largest absolute Gasteiger partial charge is 0.358 e. The van der Waals surface area contributed by atoms with Gasteiger partial charge >= 0.3 is 0 Å². The number of hydrogen-bond acceptors (Lipinski definition) is 2. The molecule has 2 nitrogen and oxygen atoms in total. The van der Waals surface area contributed by atoms with Gasteiger partial charge in [-0.2, -0.15) is 0 Å². The molecule has 0 aliphatic heterocycles. The Morgan fingerprint density at radius 3 is 1.86 bits per heavy atom. The van der Waals surface area contributed by atoms with Gasteiger partial charge in [0.25, 0.3) is 0 Å². The highest BCUT2D eigenvalue weighted by atomic mass is 35.5. The van der Waals surface area contributed by atoms with E-state index < -0.39 is 4.87 Å². The molecule has 0 fully saturated rings. The van der Waals surface area contributed by atoms with Crippen molar-refractivity contribution in [3.05, 3.63) is 16.5 Å². The number of rotatable bonds is 1. The Bertz CT molecular complexity index is 299. The maximum absolute atomic E-state index is 6.15. The van der Waals surface area contributed by atoms with Gasteiger partial charge in [-0.1, -0.05) is 37.5 Å². The van der Waals surface area contributed by atoms with E-state index in [4.69, 9.17) is 27.7 Å². The SMILES string of the molecule is CC(C)(C)c1noc(C(C)(C)Cl)c1Cl. The number of hydrogen-bond donors (Lipinski definition) is 0. The standard InChI is InChI=1S/C10H15Cl2NO/c1-9(2,3)7-6(11)8(14-13-7)10(4,5)12/h1-5H3. The van der Waals surface area contributed by atoms with Crippen LogP contribution in [0, 0.1) is 0 Å². The molecule has 0 unspecified atom stereocenters. The van der Waals surface area contributed by atoms with Crippen molar-refractivity contribution in [2.24, 2.45) is 0 Å². The maximum Gasteiger partial charge on any atom is 0.175 e. The number of nitrogens with zero attached hydrogens (tertiary/aromatic N) is 1. The second-order valence-corrected chi connectivity index (χ2v) is 6.22. The average Bonchev–Trinajstić information content (AvgIpc) is 2.26. The first-order valence-electron chi connectivity index (χ1n) is 4.49. The normalized spacial score (nSPS) is 13.4. The van der Waals surface area contributed by atoms with Crippen molar-refractivity contribution in [3.63, 3.8) is 0 Å². The quantitative estimate of drug-likeness (QED) is 0.686. The second-order valence-electron chi connectivity index (χ2n) is 4.90. The van der Waals surface area contributed by atoms with E-state index in [1.807, 2.05) is 34.6 Å². The minimum Gasteiger partial charge on any atom is -0.358 e. The van der Waals surface area contributed by atoms with Crippen molar-refractivity contribution in [2.75, 3.05) is 0 Å². The Hall–Kier alpha value is -0.210. The molecular weight excluding hydrogens is 221 g/mol. The van der Waals surface area contributed by atoms with Gasteiger partial charge in [0.15, 0.2) is 5.76 Å². The van der Waals surface area contributed by atoms with E-state index in [0.717, 1.165) is 5.69 Å². The van der Waals surface area contributed by atoms with Crippen molar-refractivity contribution < 1.29 is 4.52 Å². The molecule has 0 saturated heterocycles. The molecule has 0 radical (unpaired) electrons. The van der Waals surface area contributed by atoms with Gasteiger partial charge in [0.2, 0.25) is 0 Å². The maximum atomic E-state index is 6.15. The summed E-state index contributed by atoms with van der Waals surface area (Å²) in [7, 11) is 0. The van der Waals surface area contributed by atoms with Crippen LogP contribution in [0.25, 0.3) is 0 Å². The molecule has 0 amide bonds. The van der Waals surface area contributed by atoms with Gasteiger partial charge in [0.05, 0.1) is 0 Å². The molecule has 0 aromatic carbocycles. The summed E-state index contributed by atoms with van der Waals surface area (Å²) in [4.78, 5) is -0.617. The molecule has 4 heteroatoms. The van der Waals surface area contributed by atoms with E-state index in [1.165, 1.54) is 0 Å². The van der Waals surface area contributed by atoms with Gasteiger partial charge < -0.3 is 4.52 Å². The number of halogens is 2. The number of aromatic nitrogens is 1. The highest BCUT2D eigenvalue weighted by Crippen LogP contribution is 2.38. The summed E-state index contributed by atoms with van der Waals surface area (Å²) < 4.78 is 5.17. The number of alkyl halides is 1. The monoisotopic (exact) mass is 235 g/mol. The highest BCUT2D eigenvalue weighted by molar-refractivity contribution is 6.33. The van der Waals surface area contributed by atoms with Crippen LogP contribution in [0.1, 0.15) is 46.1 Å². The average molecular weight is 236 g/mol. The summed E-state index contributed by atoms with van der Waals surface area (Å²) in [6.45, 7) is 9.74. The van der Waals surface area contributed by atoms with Gasteiger partial charge in [0.1, 0.15) is 15.6 Å². The van der Waals surface area contributed by atoms with E-state index in [-0.39, 0.29) is 5.41 Å². The van der Waals surface area contributed by atoms with Crippen LogP contribution in [-0.2, 0) is 10.3 Å². The van der Waals surface area contributed by atoms with Crippen LogP contribution < -0.4 is 0 Å². The third kappa shape index (κ3) is 2.23. The molecule has 0 atom stereocenters. The van der Waals surface area contributed by atoms with Crippen molar-refractivity contribution in [2.45, 2.75) is 44.9 Å². The molecule has 1 aromatic rings. The van der Waals surface area contributed by atoms with E-state index in [9.17, 15) is 0 Å². The zero-order valence-electron chi connectivity index (χ0n) is 9.11. The molecule has 0 aliphatic rings. The minimum atomic E-state index is -0.617. The smallest absolute Gasteiger partial charge is 0.175 e. The fourth-order valence-corrected chi connectivity index (χ4v) is 1.88. The minimum absolute atomic E-state index is 0.124. The highest BCUT2D eigenvalue weighted by Gasteiger charge is 2.31. The summed E-state index contributed by atoms with van der Waals surface area (Å²) in [5.74, 6) is 0.533. The Kier molecular flexibility index (Phi) is 2.90. The van der Waals surface area contributed by atoms with Crippen LogP contribution >= 0.6 is 23.2 Å². The van der Waals surface area contributed by atoms with Gasteiger partial charge in [-0.15, -0.1) is 11.6 Å². The van der Waals surface area contributed by atoms with Crippen LogP contribution in [-0.4, -0.2) is 5.16 Å². The lowest BCUT2D eigenvalue weighted by Gasteiger charge is -2.15. The van der Waals surface area contributed by atoms with Gasteiger partial charge in [-0.3, -0.25) is 0 Å². The van der Waals surface area contributed by atoms with E-state index in [1.54, 1.807) is 0 Å².